The molecule has 1 amide bonds. The number of aliphatic hydroxyl groups excluding tert-OH is 1. The van der Waals surface area contributed by atoms with Gasteiger partial charge in [0, 0.05) is 0 Å². The summed E-state index contributed by atoms with van der Waals surface area (Å²) in [5.41, 5.74) is 0.786. The van der Waals surface area contributed by atoms with Crippen molar-refractivity contribution < 1.29 is 19.4 Å². The zero-order valence-electron chi connectivity index (χ0n) is 9.27. The quantitative estimate of drug-likeness (QED) is 0.804. The molecule has 0 unspecified atom stereocenters. The molecule has 0 bridgehead atoms. The van der Waals surface area contributed by atoms with Gasteiger partial charge in [-0.1, -0.05) is 12.1 Å². The number of aliphatic hydroxyl groups is 1. The van der Waals surface area contributed by atoms with Crippen LogP contribution in [0.3, 0.4) is 0 Å². The van der Waals surface area contributed by atoms with Crippen LogP contribution in [0.15, 0.2) is 24.3 Å². The summed E-state index contributed by atoms with van der Waals surface area (Å²) in [6.07, 6.45) is -0.574. The number of amides is 1. The maximum atomic E-state index is 11.0. The third-order valence-electron chi connectivity index (χ3n) is 2.18. The number of nitrogens with one attached hydrogen (secondary N) is 1. The van der Waals surface area contributed by atoms with Crippen LogP contribution in [0.4, 0.5) is 4.79 Å². The summed E-state index contributed by atoms with van der Waals surface area (Å²) < 4.78 is 9.47. The SMILES string of the molecule is COC(=O)N[C@@H](CO)c1ccc(OC)cc1. The number of rotatable bonds is 4. The molecule has 0 spiro atoms. The van der Waals surface area contributed by atoms with Gasteiger partial charge in [0.2, 0.25) is 0 Å². The van der Waals surface area contributed by atoms with Gasteiger partial charge in [0.1, 0.15) is 5.75 Å². The molecular formula is C11H15NO4. The second-order valence-electron chi connectivity index (χ2n) is 3.14. The molecule has 0 aliphatic rings. The molecule has 88 valence electrons. The van der Waals surface area contributed by atoms with Crippen LogP contribution in [0.2, 0.25) is 0 Å². The number of benzene rings is 1. The number of alkyl carbamates (subject to hydrolysis) is 1. The molecule has 5 heteroatoms. The van der Waals surface area contributed by atoms with Gasteiger partial charge in [0.05, 0.1) is 26.9 Å². The zero-order valence-corrected chi connectivity index (χ0v) is 9.27. The van der Waals surface area contributed by atoms with Gasteiger partial charge in [0.15, 0.2) is 0 Å². The molecule has 0 heterocycles. The van der Waals surface area contributed by atoms with Gasteiger partial charge in [-0.05, 0) is 17.7 Å². The Morgan fingerprint density at radius 3 is 2.44 bits per heavy atom. The maximum absolute atomic E-state index is 11.0. The summed E-state index contributed by atoms with van der Waals surface area (Å²) in [4.78, 5) is 11.0. The van der Waals surface area contributed by atoms with Crippen LogP contribution in [0.25, 0.3) is 0 Å². The van der Waals surface area contributed by atoms with E-state index in [9.17, 15) is 4.79 Å². The zero-order chi connectivity index (χ0) is 12.0. The molecule has 1 aromatic rings. The summed E-state index contributed by atoms with van der Waals surface area (Å²) in [6, 6.07) is 6.59. The Morgan fingerprint density at radius 1 is 1.38 bits per heavy atom. The Bertz CT molecular complexity index is 336. The van der Waals surface area contributed by atoms with E-state index in [0.717, 1.165) is 11.3 Å². The highest BCUT2D eigenvalue weighted by molar-refractivity contribution is 5.67. The lowest BCUT2D eigenvalue weighted by atomic mass is 10.1. The lowest BCUT2D eigenvalue weighted by Gasteiger charge is -2.15. The van der Waals surface area contributed by atoms with Crippen molar-refractivity contribution in [1.29, 1.82) is 0 Å². The first-order chi connectivity index (χ1) is 7.71. The van der Waals surface area contributed by atoms with E-state index in [1.807, 2.05) is 0 Å². The first kappa shape index (κ1) is 12.3. The molecule has 0 saturated carbocycles. The van der Waals surface area contributed by atoms with Crippen molar-refractivity contribution in [2.75, 3.05) is 20.8 Å². The maximum Gasteiger partial charge on any atom is 0.407 e. The molecule has 0 aliphatic carbocycles. The van der Waals surface area contributed by atoms with Crippen molar-refractivity contribution in [1.82, 2.24) is 5.32 Å². The van der Waals surface area contributed by atoms with Crippen LogP contribution in [0.5, 0.6) is 5.75 Å². The number of carbonyl (C=O) groups excluding carboxylic acids is 1. The van der Waals surface area contributed by atoms with Gasteiger partial charge in [-0.2, -0.15) is 0 Å². The van der Waals surface area contributed by atoms with Crippen LogP contribution >= 0.6 is 0 Å². The minimum Gasteiger partial charge on any atom is -0.497 e. The van der Waals surface area contributed by atoms with E-state index >= 15 is 0 Å². The van der Waals surface area contributed by atoms with Gasteiger partial charge < -0.3 is 19.9 Å². The molecule has 0 aromatic heterocycles. The van der Waals surface area contributed by atoms with E-state index in [1.54, 1.807) is 31.4 Å². The van der Waals surface area contributed by atoms with Crippen LogP contribution in [0, 0.1) is 0 Å². The second-order valence-corrected chi connectivity index (χ2v) is 3.14. The second kappa shape index (κ2) is 5.97. The Balaban J connectivity index is 2.74. The largest absolute Gasteiger partial charge is 0.497 e. The number of hydrogen-bond acceptors (Lipinski definition) is 4. The summed E-state index contributed by atoms with van der Waals surface area (Å²) in [7, 11) is 2.85. The smallest absolute Gasteiger partial charge is 0.407 e. The molecule has 1 aromatic carbocycles. The molecule has 0 aliphatic heterocycles. The Morgan fingerprint density at radius 2 is 2.00 bits per heavy atom. The van der Waals surface area contributed by atoms with Crippen molar-refractivity contribution in [2.24, 2.45) is 0 Å². The summed E-state index contributed by atoms with van der Waals surface area (Å²) in [5.74, 6) is 0.721. The Labute approximate surface area is 94.0 Å². The van der Waals surface area contributed by atoms with E-state index in [2.05, 4.69) is 10.1 Å². The third-order valence-corrected chi connectivity index (χ3v) is 2.18. The number of ether oxygens (including phenoxy) is 2. The molecule has 16 heavy (non-hydrogen) atoms. The van der Waals surface area contributed by atoms with E-state index in [-0.39, 0.29) is 6.61 Å². The highest BCUT2D eigenvalue weighted by Crippen LogP contribution is 2.17. The minimum absolute atomic E-state index is 0.193. The predicted octanol–water partition coefficient (Wildman–Crippen LogP) is 1.08. The van der Waals surface area contributed by atoms with Gasteiger partial charge >= 0.3 is 6.09 Å². The first-order valence-corrected chi connectivity index (χ1v) is 4.80. The van der Waals surface area contributed by atoms with Crippen molar-refractivity contribution in [3.63, 3.8) is 0 Å². The van der Waals surface area contributed by atoms with Crippen molar-refractivity contribution in [2.45, 2.75) is 6.04 Å². The highest BCUT2D eigenvalue weighted by atomic mass is 16.5. The fourth-order valence-electron chi connectivity index (χ4n) is 1.27. The fraction of sp³-hybridized carbons (Fsp3) is 0.364. The molecule has 1 rings (SSSR count). The third kappa shape index (κ3) is 3.13. The standard InChI is InChI=1S/C11H15NO4/c1-15-9-5-3-8(4-6-9)10(7-13)12-11(14)16-2/h3-6,10,13H,7H2,1-2H3,(H,12,14)/t10-/m0/s1. The molecule has 0 saturated heterocycles. The van der Waals surface area contributed by atoms with Crippen LogP contribution in [-0.4, -0.2) is 32.0 Å². The van der Waals surface area contributed by atoms with Crippen molar-refractivity contribution >= 4 is 6.09 Å². The lowest BCUT2D eigenvalue weighted by Crippen LogP contribution is -2.30. The Hall–Kier alpha value is -1.75. The van der Waals surface area contributed by atoms with Crippen molar-refractivity contribution in [3.8, 4) is 5.75 Å². The molecule has 5 nitrogen and oxygen atoms in total. The van der Waals surface area contributed by atoms with Crippen LogP contribution < -0.4 is 10.1 Å². The average molecular weight is 225 g/mol. The lowest BCUT2D eigenvalue weighted by molar-refractivity contribution is 0.157. The van der Waals surface area contributed by atoms with E-state index < -0.39 is 12.1 Å². The van der Waals surface area contributed by atoms with Crippen LogP contribution in [0.1, 0.15) is 11.6 Å². The van der Waals surface area contributed by atoms with Crippen molar-refractivity contribution in [3.05, 3.63) is 29.8 Å². The number of carbonyl (C=O) groups is 1. The van der Waals surface area contributed by atoms with E-state index in [1.165, 1.54) is 7.11 Å². The van der Waals surface area contributed by atoms with Crippen LogP contribution in [-0.2, 0) is 4.74 Å². The number of hydrogen-bond donors (Lipinski definition) is 2. The molecule has 0 radical (unpaired) electrons. The molecule has 1 atom stereocenters. The van der Waals surface area contributed by atoms with E-state index in [0.29, 0.717) is 0 Å². The summed E-state index contributed by atoms with van der Waals surface area (Å²) in [5, 5.41) is 11.7. The monoisotopic (exact) mass is 225 g/mol. The van der Waals surface area contributed by atoms with Gasteiger partial charge in [0.25, 0.3) is 0 Å². The van der Waals surface area contributed by atoms with E-state index in [4.69, 9.17) is 9.84 Å². The number of methoxy groups -OCH3 is 2. The minimum atomic E-state index is -0.574. The first-order valence-electron chi connectivity index (χ1n) is 4.80. The summed E-state index contributed by atoms with van der Waals surface area (Å²) >= 11 is 0. The molecular weight excluding hydrogens is 210 g/mol. The fourth-order valence-corrected chi connectivity index (χ4v) is 1.27. The summed E-state index contributed by atoms with van der Waals surface area (Å²) in [6.45, 7) is -0.193. The van der Waals surface area contributed by atoms with Gasteiger partial charge in [-0.3, -0.25) is 0 Å². The topological polar surface area (TPSA) is 67.8 Å². The average Bonchev–Trinajstić information content (AvgIpc) is 2.35. The molecule has 2 N–H and O–H groups in total. The van der Waals surface area contributed by atoms with Gasteiger partial charge in [-0.25, -0.2) is 4.79 Å². The van der Waals surface area contributed by atoms with Gasteiger partial charge in [-0.15, -0.1) is 0 Å². The Kier molecular flexibility index (Phi) is 4.60. The normalized spacial score (nSPS) is 11.7. The highest BCUT2D eigenvalue weighted by Gasteiger charge is 2.13. The molecule has 0 fully saturated rings. The predicted molar refractivity (Wildman–Crippen MR) is 58.4 cm³/mol.